The van der Waals surface area contributed by atoms with Gasteiger partial charge in [0, 0.05) is 5.69 Å². The molecule has 0 radical (unpaired) electrons. The van der Waals surface area contributed by atoms with Gasteiger partial charge in [-0.1, -0.05) is 38.1 Å². The van der Waals surface area contributed by atoms with E-state index in [1.54, 1.807) is 0 Å². The smallest absolute Gasteiger partial charge is 0.339 e. The minimum Gasteiger partial charge on any atom is -0.339 e. The van der Waals surface area contributed by atoms with Gasteiger partial charge in [0.15, 0.2) is 5.82 Å². The molecular formula is C19H18F3N5. The molecular weight excluding hydrogens is 355 g/mol. The molecule has 0 unspecified atom stereocenters. The third kappa shape index (κ3) is 4.72. The number of benzene rings is 2. The molecule has 0 aliphatic heterocycles. The number of nitrogens with zero attached hydrogens (tertiary/aromatic N) is 3. The minimum absolute atomic E-state index is 0.0319. The van der Waals surface area contributed by atoms with Gasteiger partial charge in [-0.2, -0.15) is 23.3 Å². The van der Waals surface area contributed by atoms with Crippen molar-refractivity contribution in [2.24, 2.45) is 0 Å². The van der Waals surface area contributed by atoms with Crippen LogP contribution in [0.4, 0.5) is 36.3 Å². The molecule has 2 N–H and O–H groups in total. The lowest BCUT2D eigenvalue weighted by molar-refractivity contribution is -0.136. The minimum atomic E-state index is -4.48. The monoisotopic (exact) mass is 373 g/mol. The zero-order valence-electron chi connectivity index (χ0n) is 14.7. The van der Waals surface area contributed by atoms with Gasteiger partial charge in [-0.15, -0.1) is 5.10 Å². The van der Waals surface area contributed by atoms with E-state index in [1.165, 1.54) is 30.0 Å². The Labute approximate surface area is 154 Å². The van der Waals surface area contributed by atoms with Crippen LogP contribution in [0.15, 0.2) is 54.7 Å². The maximum atomic E-state index is 13.1. The first kappa shape index (κ1) is 18.6. The zero-order valence-corrected chi connectivity index (χ0v) is 14.7. The highest BCUT2D eigenvalue weighted by Gasteiger charge is 2.33. The van der Waals surface area contributed by atoms with E-state index < -0.39 is 11.7 Å². The second-order valence-corrected chi connectivity index (χ2v) is 6.24. The van der Waals surface area contributed by atoms with E-state index in [1.807, 2.05) is 24.3 Å². The van der Waals surface area contributed by atoms with Gasteiger partial charge in [0.25, 0.3) is 0 Å². The molecule has 0 saturated carbocycles. The Morgan fingerprint density at radius 1 is 0.926 bits per heavy atom. The Kier molecular flexibility index (Phi) is 5.25. The number of para-hydroxylation sites is 1. The summed E-state index contributed by atoms with van der Waals surface area (Å²) in [6.07, 6.45) is -3.08. The SMILES string of the molecule is CC(C)c1ccc(Nc2cnnc(Nc3ccccc3C(F)(F)F)n2)cc1. The number of alkyl halides is 3. The highest BCUT2D eigenvalue weighted by atomic mass is 19.4. The van der Waals surface area contributed by atoms with Gasteiger partial charge in [-0.05, 0) is 35.7 Å². The standard InChI is InChI=1S/C19H18F3N5/c1-12(2)13-7-9-14(10-8-13)24-17-11-23-27-18(26-17)25-16-6-4-3-5-15(16)19(20,21)22/h3-12H,1-2H3,(H2,24,25,26,27). The lowest BCUT2D eigenvalue weighted by Gasteiger charge is -2.13. The molecule has 8 heteroatoms. The molecule has 0 atom stereocenters. The first-order chi connectivity index (χ1) is 12.8. The van der Waals surface area contributed by atoms with Crippen molar-refractivity contribution in [3.05, 3.63) is 65.9 Å². The summed E-state index contributed by atoms with van der Waals surface area (Å²) in [5.41, 5.74) is 1.07. The summed E-state index contributed by atoms with van der Waals surface area (Å²) in [5.74, 6) is 0.758. The van der Waals surface area contributed by atoms with Crippen LogP contribution in [0.25, 0.3) is 0 Å². The van der Waals surface area contributed by atoms with Crippen molar-refractivity contribution in [2.75, 3.05) is 10.6 Å². The molecule has 0 fully saturated rings. The molecule has 3 aromatic rings. The fourth-order valence-corrected chi connectivity index (χ4v) is 2.48. The summed E-state index contributed by atoms with van der Waals surface area (Å²) < 4.78 is 39.3. The number of hydrogen-bond donors (Lipinski definition) is 2. The molecule has 0 saturated heterocycles. The zero-order chi connectivity index (χ0) is 19.4. The molecule has 1 aromatic heterocycles. The molecule has 0 aliphatic carbocycles. The van der Waals surface area contributed by atoms with Gasteiger partial charge < -0.3 is 10.6 Å². The molecule has 0 spiro atoms. The number of aromatic nitrogens is 3. The Morgan fingerprint density at radius 3 is 2.30 bits per heavy atom. The second kappa shape index (κ2) is 7.61. The molecule has 0 aliphatic rings. The van der Waals surface area contributed by atoms with E-state index >= 15 is 0 Å². The maximum Gasteiger partial charge on any atom is 0.418 e. The molecule has 3 rings (SSSR count). The van der Waals surface area contributed by atoms with Gasteiger partial charge in [-0.25, -0.2) is 0 Å². The molecule has 140 valence electrons. The Balaban J connectivity index is 1.79. The number of hydrogen-bond acceptors (Lipinski definition) is 5. The first-order valence-corrected chi connectivity index (χ1v) is 8.33. The average Bonchev–Trinajstić information content (AvgIpc) is 2.62. The van der Waals surface area contributed by atoms with Crippen LogP contribution in [0.3, 0.4) is 0 Å². The predicted octanol–water partition coefficient (Wildman–Crippen LogP) is 5.50. The number of halogens is 3. The number of rotatable bonds is 5. The van der Waals surface area contributed by atoms with Gasteiger partial charge in [0.1, 0.15) is 0 Å². The fourth-order valence-electron chi connectivity index (χ4n) is 2.48. The summed E-state index contributed by atoms with van der Waals surface area (Å²) in [6, 6.07) is 13.0. The molecule has 0 amide bonds. The third-order valence-corrected chi connectivity index (χ3v) is 3.89. The summed E-state index contributed by atoms with van der Waals surface area (Å²) >= 11 is 0. The van der Waals surface area contributed by atoms with E-state index in [-0.39, 0.29) is 11.6 Å². The van der Waals surface area contributed by atoms with E-state index in [4.69, 9.17) is 0 Å². The molecule has 2 aromatic carbocycles. The van der Waals surface area contributed by atoms with E-state index in [0.29, 0.717) is 11.7 Å². The molecule has 5 nitrogen and oxygen atoms in total. The van der Waals surface area contributed by atoms with Crippen LogP contribution in [-0.4, -0.2) is 15.2 Å². The van der Waals surface area contributed by atoms with Crippen molar-refractivity contribution >= 4 is 23.1 Å². The Morgan fingerprint density at radius 2 is 1.63 bits per heavy atom. The van der Waals surface area contributed by atoms with Gasteiger partial charge in [-0.3, -0.25) is 0 Å². The van der Waals surface area contributed by atoms with Gasteiger partial charge >= 0.3 is 6.18 Å². The van der Waals surface area contributed by atoms with E-state index in [2.05, 4.69) is 39.7 Å². The van der Waals surface area contributed by atoms with Crippen LogP contribution in [0.1, 0.15) is 30.9 Å². The average molecular weight is 373 g/mol. The summed E-state index contributed by atoms with van der Waals surface area (Å²) in [6.45, 7) is 4.21. The Bertz CT molecular complexity index is 908. The largest absolute Gasteiger partial charge is 0.418 e. The van der Waals surface area contributed by atoms with Crippen molar-refractivity contribution in [3.8, 4) is 0 Å². The van der Waals surface area contributed by atoms with Crippen molar-refractivity contribution in [3.63, 3.8) is 0 Å². The lowest BCUT2D eigenvalue weighted by Crippen LogP contribution is -2.10. The van der Waals surface area contributed by atoms with Crippen LogP contribution in [0.2, 0.25) is 0 Å². The summed E-state index contributed by atoms with van der Waals surface area (Å²) in [4.78, 5) is 4.18. The Hall–Kier alpha value is -3.16. The summed E-state index contributed by atoms with van der Waals surface area (Å²) in [7, 11) is 0. The topological polar surface area (TPSA) is 62.7 Å². The third-order valence-electron chi connectivity index (χ3n) is 3.89. The number of nitrogens with one attached hydrogen (secondary N) is 2. The van der Waals surface area contributed by atoms with Gasteiger partial charge in [0.2, 0.25) is 5.95 Å². The fraction of sp³-hybridized carbons (Fsp3) is 0.211. The van der Waals surface area contributed by atoms with E-state index in [9.17, 15) is 13.2 Å². The predicted molar refractivity (Wildman–Crippen MR) is 98.4 cm³/mol. The molecule has 0 bridgehead atoms. The highest BCUT2D eigenvalue weighted by molar-refractivity contribution is 5.61. The van der Waals surface area contributed by atoms with Crippen molar-refractivity contribution in [2.45, 2.75) is 25.9 Å². The van der Waals surface area contributed by atoms with Crippen molar-refractivity contribution in [1.29, 1.82) is 0 Å². The van der Waals surface area contributed by atoms with Crippen molar-refractivity contribution < 1.29 is 13.2 Å². The van der Waals surface area contributed by atoms with Crippen LogP contribution < -0.4 is 10.6 Å². The van der Waals surface area contributed by atoms with Crippen LogP contribution in [0.5, 0.6) is 0 Å². The normalized spacial score (nSPS) is 11.5. The lowest BCUT2D eigenvalue weighted by atomic mass is 10.0. The second-order valence-electron chi connectivity index (χ2n) is 6.24. The van der Waals surface area contributed by atoms with Crippen LogP contribution in [0, 0.1) is 0 Å². The van der Waals surface area contributed by atoms with Crippen molar-refractivity contribution in [1.82, 2.24) is 15.2 Å². The quantitative estimate of drug-likeness (QED) is 0.618. The van der Waals surface area contributed by atoms with E-state index in [0.717, 1.165) is 11.8 Å². The summed E-state index contributed by atoms with van der Waals surface area (Å²) in [5, 5.41) is 13.2. The maximum absolute atomic E-state index is 13.1. The molecule has 1 heterocycles. The first-order valence-electron chi connectivity index (χ1n) is 8.33. The van der Waals surface area contributed by atoms with Crippen LogP contribution >= 0.6 is 0 Å². The number of anilines is 4. The highest BCUT2D eigenvalue weighted by Crippen LogP contribution is 2.35. The van der Waals surface area contributed by atoms with Crippen LogP contribution in [-0.2, 0) is 6.18 Å². The van der Waals surface area contributed by atoms with Gasteiger partial charge in [0.05, 0.1) is 17.4 Å². The molecule has 27 heavy (non-hydrogen) atoms.